The minimum absolute atomic E-state index is 0.129. The minimum Gasteiger partial charge on any atom is -0.381 e. The molecular weight excluding hydrogens is 613 g/mol. The van der Waals surface area contributed by atoms with Gasteiger partial charge in [0.1, 0.15) is 0 Å². The van der Waals surface area contributed by atoms with Gasteiger partial charge in [0.15, 0.2) is 0 Å². The average molecular weight is 657 g/mol. The third kappa shape index (κ3) is 7.39. The first-order chi connectivity index (χ1) is 22.9. The second-order valence-corrected chi connectivity index (χ2v) is 14.5. The predicted molar refractivity (Wildman–Crippen MR) is 187 cm³/mol. The Morgan fingerprint density at radius 1 is 0.830 bits per heavy atom. The van der Waals surface area contributed by atoms with Crippen LogP contribution in [0.2, 0.25) is 0 Å². The molecule has 0 bridgehead atoms. The first-order valence-electron chi connectivity index (χ1n) is 16.9. The molecule has 248 valence electrons. The van der Waals surface area contributed by atoms with Gasteiger partial charge in [0, 0.05) is 81.1 Å². The highest BCUT2D eigenvalue weighted by Gasteiger charge is 2.31. The Kier molecular flexibility index (Phi) is 9.60. The third-order valence-electron chi connectivity index (χ3n) is 9.71. The fourth-order valence-electron chi connectivity index (χ4n) is 6.97. The molecule has 7 rings (SSSR count). The van der Waals surface area contributed by atoms with Crippen LogP contribution in [0.1, 0.15) is 36.8 Å². The molecule has 0 aliphatic carbocycles. The van der Waals surface area contributed by atoms with Crippen LogP contribution >= 0.6 is 0 Å². The zero-order valence-corrected chi connectivity index (χ0v) is 27.6. The molecule has 3 saturated heterocycles. The monoisotopic (exact) mass is 656 g/mol. The molecule has 4 aliphatic heterocycles. The first kappa shape index (κ1) is 31.8. The van der Waals surface area contributed by atoms with E-state index in [1.54, 1.807) is 18.2 Å². The first-order valence-corrected chi connectivity index (χ1v) is 18.3. The number of nitrogens with zero attached hydrogens (tertiary/aromatic N) is 3. The molecule has 4 aliphatic rings. The Balaban J connectivity index is 1.10. The molecule has 0 aromatic heterocycles. The van der Waals surface area contributed by atoms with E-state index in [9.17, 15) is 13.2 Å². The maximum Gasteiger partial charge on any atom is 0.258 e. The van der Waals surface area contributed by atoms with Crippen molar-refractivity contribution in [1.29, 1.82) is 0 Å². The molecule has 0 atom stereocenters. The normalized spacial score (nSPS) is 20.7. The van der Waals surface area contributed by atoms with Crippen molar-refractivity contribution in [2.24, 2.45) is 0 Å². The van der Waals surface area contributed by atoms with Crippen molar-refractivity contribution in [3.63, 3.8) is 0 Å². The summed E-state index contributed by atoms with van der Waals surface area (Å²) >= 11 is 0. The van der Waals surface area contributed by atoms with E-state index < -0.39 is 10.0 Å². The molecule has 11 heteroatoms. The van der Waals surface area contributed by atoms with Gasteiger partial charge >= 0.3 is 0 Å². The van der Waals surface area contributed by atoms with Crippen LogP contribution in [0.15, 0.2) is 77.7 Å². The lowest BCUT2D eigenvalue weighted by Crippen LogP contribution is -2.48. The van der Waals surface area contributed by atoms with Crippen molar-refractivity contribution in [3.8, 4) is 0 Å². The Hall–Kier alpha value is -3.74. The summed E-state index contributed by atoms with van der Waals surface area (Å²) < 4.78 is 35.0. The molecule has 3 aromatic rings. The largest absolute Gasteiger partial charge is 0.381 e. The molecule has 4 heterocycles. The molecule has 0 spiro atoms. The number of fused-ring (bicyclic) bond motifs is 1. The van der Waals surface area contributed by atoms with Crippen molar-refractivity contribution in [2.45, 2.75) is 36.6 Å². The summed E-state index contributed by atoms with van der Waals surface area (Å²) in [6.45, 7) is 10.0. The lowest BCUT2D eigenvalue weighted by Gasteiger charge is -2.36. The number of piperazine rings is 1. The number of carbonyl (C=O) groups excluding carboxylic acids is 1. The maximum atomic E-state index is 13.5. The second-order valence-electron chi connectivity index (χ2n) is 12.8. The van der Waals surface area contributed by atoms with Crippen LogP contribution in [0.5, 0.6) is 0 Å². The Morgan fingerprint density at radius 2 is 1.51 bits per heavy atom. The number of benzene rings is 3. The van der Waals surface area contributed by atoms with Gasteiger partial charge in [-0.15, -0.1) is 0 Å². The number of amides is 1. The summed E-state index contributed by atoms with van der Waals surface area (Å²) in [6, 6.07) is 22.7. The number of nitrogens with one attached hydrogen (secondary N) is 3. The summed E-state index contributed by atoms with van der Waals surface area (Å²) in [5, 5.41) is 6.46. The molecule has 3 fully saturated rings. The number of likely N-dealkylation sites (tertiary alicyclic amines) is 1. The Morgan fingerprint density at radius 3 is 2.21 bits per heavy atom. The summed E-state index contributed by atoms with van der Waals surface area (Å²) in [5.41, 5.74) is 5.01. The van der Waals surface area contributed by atoms with Crippen molar-refractivity contribution in [1.82, 2.24) is 14.5 Å². The van der Waals surface area contributed by atoms with Crippen LogP contribution in [0, 0.1) is 0 Å². The standard InChI is InChI=1S/C36H44N6O4S/c43-36-34(32-26-31(12-13-33(32)38-36)47(44,45)39-29-14-24-46-25-15-29)35(27-6-2-1-3-7-27)37-28-8-10-30(11-9-28)42-22-20-41(21-23-42)19-18-40-16-4-5-17-40/h1-3,6-13,26,29,37,39H,4-5,14-25H2,(H,38,43)/b35-34-. The molecule has 0 saturated carbocycles. The van der Waals surface area contributed by atoms with Gasteiger partial charge in [-0.1, -0.05) is 30.3 Å². The Bertz CT molecular complexity index is 1690. The highest BCUT2D eigenvalue weighted by molar-refractivity contribution is 7.89. The van der Waals surface area contributed by atoms with E-state index in [4.69, 9.17) is 4.74 Å². The summed E-state index contributed by atoms with van der Waals surface area (Å²) in [4.78, 5) is 21.2. The molecule has 0 radical (unpaired) electrons. The molecule has 47 heavy (non-hydrogen) atoms. The number of ether oxygens (including phenoxy) is 1. The summed E-state index contributed by atoms with van der Waals surface area (Å²) in [5.74, 6) is -0.280. The highest BCUT2D eigenvalue weighted by atomic mass is 32.2. The molecule has 1 amide bonds. The van der Waals surface area contributed by atoms with Gasteiger partial charge in [-0.2, -0.15) is 0 Å². The molecule has 0 unspecified atom stereocenters. The van der Waals surface area contributed by atoms with Gasteiger partial charge in [0.05, 0.1) is 16.2 Å². The van der Waals surface area contributed by atoms with Gasteiger partial charge in [-0.25, -0.2) is 13.1 Å². The third-order valence-corrected chi connectivity index (χ3v) is 11.2. The van der Waals surface area contributed by atoms with E-state index in [1.165, 1.54) is 38.2 Å². The van der Waals surface area contributed by atoms with Crippen LogP contribution < -0.4 is 20.3 Å². The van der Waals surface area contributed by atoms with Crippen molar-refractivity contribution in [2.75, 3.05) is 81.1 Å². The van der Waals surface area contributed by atoms with E-state index in [-0.39, 0.29) is 16.8 Å². The van der Waals surface area contributed by atoms with Gasteiger partial charge in [0.2, 0.25) is 10.0 Å². The van der Waals surface area contributed by atoms with Gasteiger partial charge < -0.3 is 25.2 Å². The van der Waals surface area contributed by atoms with Crippen LogP contribution in [0.3, 0.4) is 0 Å². The van der Waals surface area contributed by atoms with Crippen LogP contribution in [-0.2, 0) is 19.6 Å². The molecule has 3 N–H and O–H groups in total. The van der Waals surface area contributed by atoms with Gasteiger partial charge in [0.25, 0.3) is 5.91 Å². The molecular formula is C36H44N6O4S. The van der Waals surface area contributed by atoms with E-state index in [1.807, 2.05) is 42.5 Å². The van der Waals surface area contributed by atoms with Crippen LogP contribution in [0.25, 0.3) is 11.3 Å². The fraction of sp³-hybridized carbons (Fsp3) is 0.417. The number of carbonyl (C=O) groups is 1. The number of sulfonamides is 1. The zero-order valence-electron chi connectivity index (χ0n) is 26.8. The smallest absolute Gasteiger partial charge is 0.258 e. The number of anilines is 3. The van der Waals surface area contributed by atoms with Crippen molar-refractivity contribution in [3.05, 3.63) is 83.9 Å². The summed E-state index contributed by atoms with van der Waals surface area (Å²) in [7, 11) is -3.80. The van der Waals surface area contributed by atoms with Crippen molar-refractivity contribution >= 4 is 44.3 Å². The minimum atomic E-state index is -3.80. The zero-order chi connectivity index (χ0) is 32.2. The van der Waals surface area contributed by atoms with Crippen LogP contribution in [-0.4, -0.2) is 95.7 Å². The number of rotatable bonds is 10. The maximum absolute atomic E-state index is 13.5. The topological polar surface area (TPSA) is 106 Å². The Labute approximate surface area is 277 Å². The number of hydrogen-bond acceptors (Lipinski definition) is 8. The van der Waals surface area contributed by atoms with E-state index in [0.29, 0.717) is 48.6 Å². The van der Waals surface area contributed by atoms with Crippen molar-refractivity contribution < 1.29 is 17.9 Å². The van der Waals surface area contributed by atoms with Gasteiger partial charge in [-0.05, 0) is 86.8 Å². The quantitative estimate of drug-likeness (QED) is 0.278. The lowest BCUT2D eigenvalue weighted by atomic mass is 10.00. The van der Waals surface area contributed by atoms with E-state index in [2.05, 4.69) is 42.2 Å². The molecule has 3 aromatic carbocycles. The van der Waals surface area contributed by atoms with Gasteiger partial charge in [-0.3, -0.25) is 9.69 Å². The molecule has 10 nitrogen and oxygen atoms in total. The SMILES string of the molecule is O=C1Nc2ccc(S(=O)(=O)NC3CCOCC3)cc2/C1=C(/Nc1ccc(N2CCN(CCN3CCCC3)CC2)cc1)c1ccccc1. The summed E-state index contributed by atoms with van der Waals surface area (Å²) in [6.07, 6.45) is 3.93. The second kappa shape index (κ2) is 14.2. The predicted octanol–water partition coefficient (Wildman–Crippen LogP) is 4.29. The highest BCUT2D eigenvalue weighted by Crippen LogP contribution is 2.39. The lowest BCUT2D eigenvalue weighted by molar-refractivity contribution is -0.110. The van der Waals surface area contributed by atoms with E-state index in [0.717, 1.165) is 44.0 Å². The number of hydrogen-bond donors (Lipinski definition) is 3. The fourth-order valence-corrected chi connectivity index (χ4v) is 8.30. The average Bonchev–Trinajstić information content (AvgIpc) is 3.74. The van der Waals surface area contributed by atoms with Crippen LogP contribution in [0.4, 0.5) is 17.1 Å². The van der Waals surface area contributed by atoms with E-state index >= 15 is 0 Å².